The summed E-state index contributed by atoms with van der Waals surface area (Å²) >= 11 is 0. The third-order valence-electron chi connectivity index (χ3n) is 3.47. The molecular formula is C12H19N3O4S. The van der Waals surface area contributed by atoms with Gasteiger partial charge in [-0.2, -0.15) is 4.31 Å². The van der Waals surface area contributed by atoms with Gasteiger partial charge in [0.25, 0.3) is 10.0 Å². The molecule has 2 rings (SSSR count). The van der Waals surface area contributed by atoms with E-state index in [2.05, 4.69) is 4.98 Å². The molecule has 0 saturated carbocycles. The van der Waals surface area contributed by atoms with Crippen molar-refractivity contribution in [2.75, 3.05) is 6.54 Å². The maximum atomic E-state index is 12.5. The van der Waals surface area contributed by atoms with Crippen LogP contribution in [0.4, 0.5) is 0 Å². The first-order chi connectivity index (χ1) is 9.25. The molecule has 0 aromatic carbocycles. The first-order valence-corrected chi connectivity index (χ1v) is 7.97. The van der Waals surface area contributed by atoms with E-state index in [-0.39, 0.29) is 17.5 Å². The third-order valence-corrected chi connectivity index (χ3v) is 5.25. The van der Waals surface area contributed by atoms with Gasteiger partial charge in [-0.3, -0.25) is 4.79 Å². The summed E-state index contributed by atoms with van der Waals surface area (Å²) in [5.74, 6) is -0.349. The van der Waals surface area contributed by atoms with Gasteiger partial charge < -0.3 is 9.67 Å². The average Bonchev–Trinajstić information content (AvgIpc) is 2.94. The highest BCUT2D eigenvalue weighted by atomic mass is 32.2. The fraction of sp³-hybridized carbons (Fsp3) is 0.667. The van der Waals surface area contributed by atoms with Crippen LogP contribution < -0.4 is 0 Å². The van der Waals surface area contributed by atoms with Gasteiger partial charge in [0.2, 0.25) is 0 Å². The standard InChI is InChI=1S/C12H19N3O4S/c1-8(2)11-13-10(7-14(11)3)20(18,19)15-6-4-5-9(15)12(16)17/h7-9H,4-6H2,1-3H3,(H,16,17)/t9-/m0/s1. The molecule has 1 atom stereocenters. The van der Waals surface area contributed by atoms with Gasteiger partial charge in [0.1, 0.15) is 11.9 Å². The summed E-state index contributed by atoms with van der Waals surface area (Å²) in [6, 6.07) is -0.982. The van der Waals surface area contributed by atoms with Crippen molar-refractivity contribution in [2.24, 2.45) is 7.05 Å². The molecule has 0 unspecified atom stereocenters. The molecule has 1 aromatic heterocycles. The molecule has 2 heterocycles. The van der Waals surface area contributed by atoms with Gasteiger partial charge in [0.15, 0.2) is 5.03 Å². The molecule has 1 N–H and O–H groups in total. The second-order valence-electron chi connectivity index (χ2n) is 5.31. The predicted molar refractivity (Wildman–Crippen MR) is 71.8 cm³/mol. The van der Waals surface area contributed by atoms with Crippen molar-refractivity contribution in [3.05, 3.63) is 12.0 Å². The lowest BCUT2D eigenvalue weighted by Gasteiger charge is -2.19. The lowest BCUT2D eigenvalue weighted by atomic mass is 10.2. The van der Waals surface area contributed by atoms with E-state index in [1.165, 1.54) is 6.20 Å². The van der Waals surface area contributed by atoms with Crippen LogP contribution in [-0.2, 0) is 21.9 Å². The minimum absolute atomic E-state index is 0.0724. The number of rotatable bonds is 4. The average molecular weight is 301 g/mol. The van der Waals surface area contributed by atoms with Crippen LogP contribution in [0, 0.1) is 0 Å². The molecule has 0 amide bonds. The van der Waals surface area contributed by atoms with Gasteiger partial charge in [-0.05, 0) is 12.8 Å². The quantitative estimate of drug-likeness (QED) is 0.887. The zero-order valence-electron chi connectivity index (χ0n) is 11.8. The molecule has 1 saturated heterocycles. The van der Waals surface area contributed by atoms with Crippen LogP contribution in [-0.4, -0.2) is 45.9 Å². The molecule has 0 spiro atoms. The summed E-state index contributed by atoms with van der Waals surface area (Å²) in [6.07, 6.45) is 2.35. The number of aryl methyl sites for hydroxylation is 1. The highest BCUT2D eigenvalue weighted by molar-refractivity contribution is 7.89. The molecule has 0 aliphatic carbocycles. The van der Waals surface area contributed by atoms with E-state index in [0.717, 1.165) is 4.31 Å². The summed E-state index contributed by atoms with van der Waals surface area (Å²) < 4.78 is 27.8. The number of carbonyl (C=O) groups is 1. The molecule has 1 aliphatic rings. The Kier molecular flexibility index (Phi) is 3.88. The van der Waals surface area contributed by atoms with Gasteiger partial charge >= 0.3 is 5.97 Å². The maximum absolute atomic E-state index is 12.5. The number of hydrogen-bond donors (Lipinski definition) is 1. The number of sulfonamides is 1. The van der Waals surface area contributed by atoms with Crippen LogP contribution in [0.1, 0.15) is 38.4 Å². The summed E-state index contributed by atoms with van der Waals surface area (Å²) in [4.78, 5) is 15.3. The summed E-state index contributed by atoms with van der Waals surface area (Å²) in [6.45, 7) is 4.08. The molecule has 112 valence electrons. The lowest BCUT2D eigenvalue weighted by molar-refractivity contribution is -0.140. The summed E-state index contributed by atoms with van der Waals surface area (Å²) in [5.41, 5.74) is 0. The van der Waals surface area contributed by atoms with Crippen LogP contribution >= 0.6 is 0 Å². The van der Waals surface area contributed by atoms with Crippen molar-refractivity contribution in [1.29, 1.82) is 0 Å². The van der Waals surface area contributed by atoms with Crippen molar-refractivity contribution >= 4 is 16.0 Å². The number of aromatic nitrogens is 2. The number of carboxylic acid groups (broad SMARTS) is 1. The molecule has 7 nitrogen and oxygen atoms in total. The van der Waals surface area contributed by atoms with Crippen LogP contribution in [0.5, 0.6) is 0 Å². The number of hydrogen-bond acceptors (Lipinski definition) is 4. The Labute approximate surface area is 118 Å². The SMILES string of the molecule is CC(C)c1nc(S(=O)(=O)N2CCC[C@H]2C(=O)O)cn1C. The van der Waals surface area contributed by atoms with E-state index in [0.29, 0.717) is 18.7 Å². The van der Waals surface area contributed by atoms with Gasteiger partial charge in [-0.1, -0.05) is 13.8 Å². The van der Waals surface area contributed by atoms with Gasteiger partial charge in [0.05, 0.1) is 0 Å². The monoisotopic (exact) mass is 301 g/mol. The smallest absolute Gasteiger partial charge is 0.322 e. The second kappa shape index (κ2) is 5.17. The minimum Gasteiger partial charge on any atom is -0.480 e. The van der Waals surface area contributed by atoms with E-state index in [4.69, 9.17) is 5.11 Å². The number of aliphatic carboxylic acids is 1. The van der Waals surface area contributed by atoms with E-state index in [9.17, 15) is 13.2 Å². The topological polar surface area (TPSA) is 92.5 Å². The van der Waals surface area contributed by atoms with Crippen LogP contribution in [0.2, 0.25) is 0 Å². The fourth-order valence-corrected chi connectivity index (χ4v) is 4.15. The number of carboxylic acids is 1. The largest absolute Gasteiger partial charge is 0.480 e. The summed E-state index contributed by atoms with van der Waals surface area (Å²) in [7, 11) is -2.11. The van der Waals surface area contributed by atoms with E-state index in [1.807, 2.05) is 13.8 Å². The molecule has 8 heteroatoms. The Bertz CT molecular complexity index is 621. The number of imidazole rings is 1. The Morgan fingerprint density at radius 1 is 1.50 bits per heavy atom. The zero-order chi connectivity index (χ0) is 15.1. The van der Waals surface area contributed by atoms with Crippen molar-refractivity contribution in [3.63, 3.8) is 0 Å². The van der Waals surface area contributed by atoms with Crippen LogP contribution in [0.25, 0.3) is 0 Å². The Morgan fingerprint density at radius 2 is 2.15 bits per heavy atom. The molecule has 1 fully saturated rings. The second-order valence-corrected chi connectivity index (χ2v) is 7.15. The Morgan fingerprint density at radius 3 is 2.65 bits per heavy atom. The Hall–Kier alpha value is -1.41. The third kappa shape index (κ3) is 2.45. The van der Waals surface area contributed by atoms with E-state index < -0.39 is 22.0 Å². The van der Waals surface area contributed by atoms with Gasteiger partial charge in [0, 0.05) is 25.7 Å². The first-order valence-electron chi connectivity index (χ1n) is 6.53. The molecule has 20 heavy (non-hydrogen) atoms. The minimum atomic E-state index is -3.85. The van der Waals surface area contributed by atoms with Crippen molar-refractivity contribution < 1.29 is 18.3 Å². The molecule has 0 bridgehead atoms. The molecule has 1 aliphatic heterocycles. The first kappa shape index (κ1) is 15.0. The highest BCUT2D eigenvalue weighted by Gasteiger charge is 2.40. The highest BCUT2D eigenvalue weighted by Crippen LogP contribution is 2.26. The zero-order valence-corrected chi connectivity index (χ0v) is 12.6. The summed E-state index contributed by atoms with van der Waals surface area (Å²) in [5, 5.41) is 9.04. The van der Waals surface area contributed by atoms with Crippen molar-refractivity contribution in [2.45, 2.75) is 43.7 Å². The van der Waals surface area contributed by atoms with Crippen LogP contribution in [0.15, 0.2) is 11.2 Å². The van der Waals surface area contributed by atoms with Crippen molar-refractivity contribution in [1.82, 2.24) is 13.9 Å². The Balaban J connectivity index is 2.40. The lowest BCUT2D eigenvalue weighted by Crippen LogP contribution is -2.40. The van der Waals surface area contributed by atoms with Crippen molar-refractivity contribution in [3.8, 4) is 0 Å². The fourth-order valence-electron chi connectivity index (χ4n) is 2.51. The maximum Gasteiger partial charge on any atom is 0.322 e. The molecule has 1 aromatic rings. The van der Waals surface area contributed by atoms with E-state index >= 15 is 0 Å². The molecular weight excluding hydrogens is 282 g/mol. The normalized spacial score (nSPS) is 20.7. The number of nitrogens with zero attached hydrogens (tertiary/aromatic N) is 3. The molecule has 0 radical (unpaired) electrons. The predicted octanol–water partition coefficient (Wildman–Crippen LogP) is 0.781. The van der Waals surface area contributed by atoms with Gasteiger partial charge in [-0.15, -0.1) is 0 Å². The van der Waals surface area contributed by atoms with E-state index in [1.54, 1.807) is 11.6 Å². The van der Waals surface area contributed by atoms with Crippen LogP contribution in [0.3, 0.4) is 0 Å². The van der Waals surface area contributed by atoms with Gasteiger partial charge in [-0.25, -0.2) is 13.4 Å².